The highest BCUT2D eigenvalue weighted by Gasteiger charge is 2.07. The standard InChI is InChI=1S/C15H19N5O2S/c1-23-15-19-18-14(22-15)12-6-8-13(9-7-12)21-11-5-3-2-4-10-17-20-16/h6-9H,2-5,10-11H2,1H3. The van der Waals surface area contributed by atoms with Gasteiger partial charge >= 0.3 is 0 Å². The molecule has 1 aromatic carbocycles. The van der Waals surface area contributed by atoms with Gasteiger partial charge in [-0.05, 0) is 48.9 Å². The molecule has 0 unspecified atom stereocenters. The normalized spacial score (nSPS) is 10.3. The molecule has 0 aliphatic carbocycles. The number of azide groups is 1. The van der Waals surface area contributed by atoms with Crippen LogP contribution in [0.2, 0.25) is 0 Å². The quantitative estimate of drug-likeness (QED) is 0.206. The Labute approximate surface area is 139 Å². The Morgan fingerprint density at radius 1 is 1.17 bits per heavy atom. The number of thioether (sulfide) groups is 1. The van der Waals surface area contributed by atoms with Crippen molar-refractivity contribution in [3.8, 4) is 17.2 Å². The lowest BCUT2D eigenvalue weighted by atomic mass is 10.2. The molecule has 2 rings (SSSR count). The summed E-state index contributed by atoms with van der Waals surface area (Å²) < 4.78 is 11.2. The van der Waals surface area contributed by atoms with Crippen LogP contribution in [0, 0.1) is 0 Å². The molecule has 0 spiro atoms. The fraction of sp³-hybridized carbons (Fsp3) is 0.467. The number of aromatic nitrogens is 2. The van der Waals surface area contributed by atoms with Crippen LogP contribution in [-0.4, -0.2) is 29.6 Å². The number of unbranched alkanes of at least 4 members (excludes halogenated alkanes) is 3. The summed E-state index contributed by atoms with van der Waals surface area (Å²) in [5, 5.41) is 12.0. The minimum absolute atomic E-state index is 0.515. The summed E-state index contributed by atoms with van der Waals surface area (Å²) in [6, 6.07) is 7.62. The Kier molecular flexibility index (Phi) is 7.29. The number of nitrogens with zero attached hydrogens (tertiary/aromatic N) is 5. The molecule has 2 aromatic rings. The van der Waals surface area contributed by atoms with Gasteiger partial charge in [0.2, 0.25) is 5.89 Å². The van der Waals surface area contributed by atoms with Crippen LogP contribution in [0.25, 0.3) is 21.9 Å². The van der Waals surface area contributed by atoms with Gasteiger partial charge < -0.3 is 9.15 Å². The molecule has 122 valence electrons. The van der Waals surface area contributed by atoms with E-state index in [4.69, 9.17) is 14.7 Å². The molecule has 0 fully saturated rings. The number of hydrogen-bond donors (Lipinski definition) is 0. The molecule has 0 aliphatic heterocycles. The largest absolute Gasteiger partial charge is 0.494 e. The lowest BCUT2D eigenvalue weighted by Crippen LogP contribution is -1.97. The predicted octanol–water partition coefficient (Wildman–Crippen LogP) is 4.71. The van der Waals surface area contributed by atoms with Gasteiger partial charge in [-0.1, -0.05) is 29.7 Å². The van der Waals surface area contributed by atoms with E-state index in [0.29, 0.717) is 24.3 Å². The lowest BCUT2D eigenvalue weighted by Gasteiger charge is -2.06. The van der Waals surface area contributed by atoms with Gasteiger partial charge in [0.05, 0.1) is 6.61 Å². The zero-order valence-corrected chi connectivity index (χ0v) is 13.8. The molecule has 0 amide bonds. The average molecular weight is 333 g/mol. The van der Waals surface area contributed by atoms with Crippen LogP contribution in [0.15, 0.2) is 39.0 Å². The van der Waals surface area contributed by atoms with Crippen molar-refractivity contribution >= 4 is 11.8 Å². The number of rotatable bonds is 10. The molecule has 0 saturated heterocycles. The first kappa shape index (κ1) is 17.2. The molecule has 0 radical (unpaired) electrons. The van der Waals surface area contributed by atoms with E-state index in [-0.39, 0.29) is 0 Å². The minimum Gasteiger partial charge on any atom is -0.494 e. The highest BCUT2D eigenvalue weighted by molar-refractivity contribution is 7.98. The Morgan fingerprint density at radius 3 is 2.65 bits per heavy atom. The highest BCUT2D eigenvalue weighted by atomic mass is 32.2. The molecule has 1 aromatic heterocycles. The number of ether oxygens (including phenoxy) is 1. The summed E-state index contributed by atoms with van der Waals surface area (Å²) in [5.41, 5.74) is 9.04. The maximum absolute atomic E-state index is 8.16. The molecule has 0 saturated carbocycles. The van der Waals surface area contributed by atoms with Gasteiger partial charge in [-0.15, -0.1) is 10.2 Å². The highest BCUT2D eigenvalue weighted by Crippen LogP contribution is 2.23. The lowest BCUT2D eigenvalue weighted by molar-refractivity contribution is 0.305. The number of hydrogen-bond acceptors (Lipinski definition) is 6. The second kappa shape index (κ2) is 9.76. The molecular weight excluding hydrogens is 314 g/mol. The third kappa shape index (κ3) is 5.84. The van der Waals surface area contributed by atoms with Crippen LogP contribution in [0.5, 0.6) is 5.75 Å². The molecule has 0 atom stereocenters. The van der Waals surface area contributed by atoms with Crippen molar-refractivity contribution in [3.63, 3.8) is 0 Å². The van der Waals surface area contributed by atoms with Gasteiger partial charge in [-0.3, -0.25) is 0 Å². The van der Waals surface area contributed by atoms with E-state index in [1.165, 1.54) is 11.8 Å². The van der Waals surface area contributed by atoms with Crippen molar-refractivity contribution in [1.82, 2.24) is 10.2 Å². The molecular formula is C15H19N5O2S. The van der Waals surface area contributed by atoms with Gasteiger partial charge in [0, 0.05) is 17.0 Å². The third-order valence-corrected chi connectivity index (χ3v) is 3.68. The maximum atomic E-state index is 8.16. The molecule has 1 heterocycles. The van der Waals surface area contributed by atoms with Gasteiger partial charge in [-0.25, -0.2) is 0 Å². The van der Waals surface area contributed by atoms with Crippen molar-refractivity contribution in [1.29, 1.82) is 0 Å². The van der Waals surface area contributed by atoms with E-state index in [9.17, 15) is 0 Å². The smallest absolute Gasteiger partial charge is 0.276 e. The molecule has 7 nitrogen and oxygen atoms in total. The van der Waals surface area contributed by atoms with Crippen molar-refractivity contribution in [3.05, 3.63) is 34.7 Å². The van der Waals surface area contributed by atoms with Crippen LogP contribution in [0.4, 0.5) is 0 Å². The van der Waals surface area contributed by atoms with Crippen molar-refractivity contribution in [2.75, 3.05) is 19.4 Å². The van der Waals surface area contributed by atoms with Crippen LogP contribution in [0.3, 0.4) is 0 Å². The van der Waals surface area contributed by atoms with Gasteiger partial charge in [0.1, 0.15) is 5.75 Å². The van der Waals surface area contributed by atoms with Crippen LogP contribution in [-0.2, 0) is 0 Å². The van der Waals surface area contributed by atoms with E-state index in [1.54, 1.807) is 0 Å². The van der Waals surface area contributed by atoms with Crippen molar-refractivity contribution in [2.24, 2.45) is 5.11 Å². The van der Waals surface area contributed by atoms with Gasteiger partial charge in [0.25, 0.3) is 5.22 Å². The fourth-order valence-electron chi connectivity index (χ4n) is 1.98. The zero-order chi connectivity index (χ0) is 16.3. The maximum Gasteiger partial charge on any atom is 0.276 e. The van der Waals surface area contributed by atoms with Crippen LogP contribution in [0.1, 0.15) is 25.7 Å². The second-order valence-corrected chi connectivity index (χ2v) is 5.58. The van der Waals surface area contributed by atoms with Crippen LogP contribution >= 0.6 is 11.8 Å². The summed E-state index contributed by atoms with van der Waals surface area (Å²) in [7, 11) is 0. The topological polar surface area (TPSA) is 96.9 Å². The van der Waals surface area contributed by atoms with Crippen molar-refractivity contribution in [2.45, 2.75) is 30.9 Å². The summed E-state index contributed by atoms with van der Waals surface area (Å²) >= 11 is 1.42. The van der Waals surface area contributed by atoms with E-state index >= 15 is 0 Å². The van der Waals surface area contributed by atoms with E-state index < -0.39 is 0 Å². The average Bonchev–Trinajstić information content (AvgIpc) is 3.07. The molecule has 0 bridgehead atoms. The third-order valence-electron chi connectivity index (χ3n) is 3.17. The summed E-state index contributed by atoms with van der Waals surface area (Å²) in [5.74, 6) is 1.34. The minimum atomic E-state index is 0.515. The predicted molar refractivity (Wildman–Crippen MR) is 89.5 cm³/mol. The second-order valence-electron chi connectivity index (χ2n) is 4.82. The van der Waals surface area contributed by atoms with Crippen molar-refractivity contribution < 1.29 is 9.15 Å². The van der Waals surface area contributed by atoms with Crippen LogP contribution < -0.4 is 4.74 Å². The Bertz CT molecular complexity index is 638. The zero-order valence-electron chi connectivity index (χ0n) is 13.0. The summed E-state index contributed by atoms with van der Waals surface area (Å²) in [6.45, 7) is 1.25. The first-order valence-electron chi connectivity index (χ1n) is 7.45. The number of benzene rings is 1. The first-order chi connectivity index (χ1) is 11.3. The van der Waals surface area contributed by atoms with E-state index in [2.05, 4.69) is 20.2 Å². The molecule has 0 aliphatic rings. The Balaban J connectivity index is 1.69. The van der Waals surface area contributed by atoms with E-state index in [1.807, 2.05) is 30.5 Å². The monoisotopic (exact) mass is 333 g/mol. The first-order valence-corrected chi connectivity index (χ1v) is 8.67. The summed E-state index contributed by atoms with van der Waals surface area (Å²) in [6.07, 6.45) is 5.93. The molecule has 23 heavy (non-hydrogen) atoms. The fourth-order valence-corrected chi connectivity index (χ4v) is 2.26. The Morgan fingerprint density at radius 2 is 1.96 bits per heavy atom. The summed E-state index contributed by atoms with van der Waals surface area (Å²) in [4.78, 5) is 2.73. The molecule has 8 heteroatoms. The SMILES string of the molecule is CSc1nnc(-c2ccc(OCCCCCCN=[N+]=[N-])cc2)o1. The molecule has 0 N–H and O–H groups in total. The van der Waals surface area contributed by atoms with E-state index in [0.717, 1.165) is 37.0 Å². The van der Waals surface area contributed by atoms with Gasteiger partial charge in [0.15, 0.2) is 0 Å². The van der Waals surface area contributed by atoms with Gasteiger partial charge in [-0.2, -0.15) is 0 Å². The Hall–Kier alpha value is -2.18.